The van der Waals surface area contributed by atoms with Crippen molar-refractivity contribution in [1.29, 1.82) is 0 Å². The van der Waals surface area contributed by atoms with E-state index < -0.39 is 5.60 Å². The van der Waals surface area contributed by atoms with Gasteiger partial charge in [-0.2, -0.15) is 0 Å². The molecule has 1 amide bonds. The van der Waals surface area contributed by atoms with Gasteiger partial charge in [0.25, 0.3) is 5.91 Å². The zero-order chi connectivity index (χ0) is 24.0. The SMILES string of the molecule is CC(NC(=O)C1(Oc2ccc(Cl)cc2)CCCCC1)C(Cc1ccc(Cl)cn1)c1ccccc1. The molecule has 2 unspecified atom stereocenters. The van der Waals surface area contributed by atoms with E-state index in [0.717, 1.165) is 30.5 Å². The van der Waals surface area contributed by atoms with Gasteiger partial charge in [-0.25, -0.2) is 0 Å². The third-order valence-electron chi connectivity index (χ3n) is 6.61. The van der Waals surface area contributed by atoms with Gasteiger partial charge in [0.1, 0.15) is 5.75 Å². The third-order valence-corrected chi connectivity index (χ3v) is 7.09. The summed E-state index contributed by atoms with van der Waals surface area (Å²) in [4.78, 5) is 18.2. The smallest absolute Gasteiger partial charge is 0.264 e. The van der Waals surface area contributed by atoms with E-state index in [1.165, 1.54) is 0 Å². The fourth-order valence-electron chi connectivity index (χ4n) is 4.70. The van der Waals surface area contributed by atoms with Crippen molar-refractivity contribution in [2.75, 3.05) is 0 Å². The number of benzene rings is 2. The van der Waals surface area contributed by atoms with Crippen LogP contribution in [0.4, 0.5) is 0 Å². The fraction of sp³-hybridized carbons (Fsp3) is 0.357. The zero-order valence-corrected chi connectivity index (χ0v) is 20.9. The van der Waals surface area contributed by atoms with Gasteiger partial charge in [-0.3, -0.25) is 9.78 Å². The monoisotopic (exact) mass is 496 g/mol. The Labute approximate surface area is 211 Å². The van der Waals surface area contributed by atoms with Crippen molar-refractivity contribution >= 4 is 29.1 Å². The van der Waals surface area contributed by atoms with Crippen LogP contribution >= 0.6 is 23.2 Å². The van der Waals surface area contributed by atoms with E-state index in [1.807, 2.05) is 42.5 Å². The second-order valence-corrected chi connectivity index (χ2v) is 9.93. The van der Waals surface area contributed by atoms with Crippen LogP contribution in [0, 0.1) is 0 Å². The summed E-state index contributed by atoms with van der Waals surface area (Å²) in [7, 11) is 0. The molecular formula is C28H30Cl2N2O2. The van der Waals surface area contributed by atoms with Crippen LogP contribution in [0.25, 0.3) is 0 Å². The quantitative estimate of drug-likeness (QED) is 0.365. The molecule has 1 aliphatic carbocycles. The van der Waals surface area contributed by atoms with Crippen LogP contribution in [0.5, 0.6) is 5.75 Å². The van der Waals surface area contributed by atoms with Crippen LogP contribution in [0.1, 0.15) is 56.2 Å². The van der Waals surface area contributed by atoms with Gasteiger partial charge in [0, 0.05) is 28.9 Å². The number of aromatic nitrogens is 1. The van der Waals surface area contributed by atoms with E-state index in [4.69, 9.17) is 27.9 Å². The van der Waals surface area contributed by atoms with Crippen molar-refractivity contribution in [2.24, 2.45) is 0 Å². The molecule has 0 spiro atoms. The number of carbonyl (C=O) groups excluding carboxylic acids is 1. The van der Waals surface area contributed by atoms with E-state index in [2.05, 4.69) is 29.4 Å². The molecular weight excluding hydrogens is 467 g/mol. The first-order chi connectivity index (χ1) is 16.4. The second kappa shape index (κ2) is 11.2. The lowest BCUT2D eigenvalue weighted by Crippen LogP contribution is -2.55. The van der Waals surface area contributed by atoms with Gasteiger partial charge in [0.2, 0.25) is 0 Å². The van der Waals surface area contributed by atoms with Crippen molar-refractivity contribution < 1.29 is 9.53 Å². The largest absolute Gasteiger partial charge is 0.477 e. The molecule has 0 radical (unpaired) electrons. The average Bonchev–Trinajstić information content (AvgIpc) is 2.86. The molecule has 0 bridgehead atoms. The van der Waals surface area contributed by atoms with E-state index in [9.17, 15) is 4.79 Å². The average molecular weight is 497 g/mol. The Kier molecular flexibility index (Phi) is 8.12. The molecule has 1 aliphatic rings. The normalized spacial score (nSPS) is 16.9. The maximum atomic E-state index is 13.7. The number of carbonyl (C=O) groups is 1. The van der Waals surface area contributed by atoms with E-state index in [1.54, 1.807) is 18.3 Å². The summed E-state index contributed by atoms with van der Waals surface area (Å²) in [5.41, 5.74) is 1.22. The van der Waals surface area contributed by atoms with E-state index in [0.29, 0.717) is 35.1 Å². The second-order valence-electron chi connectivity index (χ2n) is 9.06. The summed E-state index contributed by atoms with van der Waals surface area (Å²) in [6.45, 7) is 2.06. The molecule has 2 aromatic carbocycles. The Morgan fingerprint density at radius 3 is 2.29 bits per heavy atom. The summed E-state index contributed by atoms with van der Waals surface area (Å²) in [6.07, 6.45) is 6.79. The Morgan fingerprint density at radius 2 is 1.65 bits per heavy atom. The number of nitrogens with zero attached hydrogens (tertiary/aromatic N) is 1. The minimum Gasteiger partial charge on any atom is -0.477 e. The zero-order valence-electron chi connectivity index (χ0n) is 19.3. The molecule has 34 heavy (non-hydrogen) atoms. The number of ether oxygens (including phenoxy) is 1. The van der Waals surface area contributed by atoms with Crippen LogP contribution < -0.4 is 10.1 Å². The Bertz CT molecular complexity index is 1070. The minimum atomic E-state index is -0.875. The van der Waals surface area contributed by atoms with Gasteiger partial charge in [-0.15, -0.1) is 0 Å². The van der Waals surface area contributed by atoms with E-state index >= 15 is 0 Å². The van der Waals surface area contributed by atoms with Crippen molar-refractivity contribution in [3.05, 3.63) is 94.2 Å². The highest BCUT2D eigenvalue weighted by molar-refractivity contribution is 6.30. The van der Waals surface area contributed by atoms with Crippen molar-refractivity contribution in [2.45, 2.75) is 63.0 Å². The molecule has 4 rings (SSSR count). The molecule has 0 aliphatic heterocycles. The summed E-state index contributed by atoms with van der Waals surface area (Å²) in [6, 6.07) is 21.2. The number of pyridine rings is 1. The summed E-state index contributed by atoms with van der Waals surface area (Å²) < 4.78 is 6.38. The van der Waals surface area contributed by atoms with Crippen LogP contribution in [0.2, 0.25) is 10.0 Å². The van der Waals surface area contributed by atoms with Gasteiger partial charge in [-0.1, -0.05) is 60.0 Å². The van der Waals surface area contributed by atoms with Crippen LogP contribution in [-0.2, 0) is 11.2 Å². The molecule has 1 fully saturated rings. The molecule has 4 nitrogen and oxygen atoms in total. The van der Waals surface area contributed by atoms with Crippen molar-refractivity contribution in [1.82, 2.24) is 10.3 Å². The highest BCUT2D eigenvalue weighted by Gasteiger charge is 2.43. The van der Waals surface area contributed by atoms with Crippen molar-refractivity contribution in [3.63, 3.8) is 0 Å². The summed E-state index contributed by atoms with van der Waals surface area (Å²) in [5, 5.41) is 4.56. The number of rotatable bonds is 8. The third kappa shape index (κ3) is 6.11. The van der Waals surface area contributed by atoms with Crippen LogP contribution in [-0.4, -0.2) is 22.5 Å². The topological polar surface area (TPSA) is 51.2 Å². The number of hydrogen-bond donors (Lipinski definition) is 1. The number of hydrogen-bond acceptors (Lipinski definition) is 3. The molecule has 178 valence electrons. The van der Waals surface area contributed by atoms with Gasteiger partial charge in [0.15, 0.2) is 5.60 Å². The van der Waals surface area contributed by atoms with E-state index in [-0.39, 0.29) is 17.9 Å². The van der Waals surface area contributed by atoms with Gasteiger partial charge < -0.3 is 10.1 Å². The predicted molar refractivity (Wildman–Crippen MR) is 138 cm³/mol. The lowest BCUT2D eigenvalue weighted by molar-refractivity contribution is -0.140. The summed E-state index contributed by atoms with van der Waals surface area (Å²) in [5.74, 6) is 0.661. The number of nitrogens with one attached hydrogen (secondary N) is 1. The molecule has 2 atom stereocenters. The predicted octanol–water partition coefficient (Wildman–Crippen LogP) is 7.00. The van der Waals surface area contributed by atoms with Crippen molar-refractivity contribution in [3.8, 4) is 5.75 Å². The molecule has 1 heterocycles. The molecule has 6 heteroatoms. The highest BCUT2D eigenvalue weighted by Crippen LogP contribution is 2.35. The van der Waals surface area contributed by atoms with Crippen LogP contribution in [0.3, 0.4) is 0 Å². The molecule has 1 N–H and O–H groups in total. The van der Waals surface area contributed by atoms with Gasteiger partial charge in [0.05, 0.1) is 5.02 Å². The first kappa shape index (κ1) is 24.6. The van der Waals surface area contributed by atoms with Gasteiger partial charge >= 0.3 is 0 Å². The molecule has 1 saturated carbocycles. The first-order valence-electron chi connectivity index (χ1n) is 11.9. The van der Waals surface area contributed by atoms with Gasteiger partial charge in [-0.05, 0) is 81.0 Å². The standard InChI is InChI=1S/C28H30Cl2N2O2/c1-20(26(21-8-4-2-5-9-21)18-24-13-10-23(30)19-31-24)32-27(33)28(16-6-3-7-17-28)34-25-14-11-22(29)12-15-25/h2,4-5,8-15,19-20,26H,3,6-7,16-18H2,1H3,(H,32,33). The number of amides is 1. The van der Waals surface area contributed by atoms with Crippen LogP contribution in [0.15, 0.2) is 72.9 Å². The minimum absolute atomic E-state index is 0.0509. The summed E-state index contributed by atoms with van der Waals surface area (Å²) >= 11 is 12.1. The maximum absolute atomic E-state index is 13.7. The molecule has 0 saturated heterocycles. The maximum Gasteiger partial charge on any atom is 0.264 e. The lowest BCUT2D eigenvalue weighted by Gasteiger charge is -2.38. The highest BCUT2D eigenvalue weighted by atomic mass is 35.5. The lowest BCUT2D eigenvalue weighted by atomic mass is 9.82. The first-order valence-corrected chi connectivity index (χ1v) is 12.6. The molecule has 1 aromatic heterocycles. The number of halogens is 2. The Balaban J connectivity index is 1.55. The Hall–Kier alpha value is -2.56. The molecule has 3 aromatic rings. The Morgan fingerprint density at radius 1 is 0.971 bits per heavy atom. The fourth-order valence-corrected chi connectivity index (χ4v) is 4.94.